The lowest BCUT2D eigenvalue weighted by molar-refractivity contribution is -0.384. The minimum Gasteiger partial charge on any atom is -0.496 e. The molecule has 0 bridgehead atoms. The lowest BCUT2D eigenvalue weighted by atomic mass is 9.99. The summed E-state index contributed by atoms with van der Waals surface area (Å²) < 4.78 is 32.0. The summed E-state index contributed by atoms with van der Waals surface area (Å²) in [6, 6.07) is 9.38. The number of non-ortho nitro benzene ring substituents is 1. The van der Waals surface area contributed by atoms with Gasteiger partial charge in [-0.05, 0) is 43.2 Å². The fourth-order valence-electron chi connectivity index (χ4n) is 3.32. The summed E-state index contributed by atoms with van der Waals surface area (Å²) in [6.45, 7) is 0.167. The zero-order chi connectivity index (χ0) is 24.2. The number of nitrogens with zero attached hydrogens (tertiary/aromatic N) is 3. The molecule has 1 saturated heterocycles. The highest BCUT2D eigenvalue weighted by molar-refractivity contribution is 7.89. The SMILES string of the molecule is COc1ccc(Cl)cc1/C(N)=N/OC(=O)C1CCN(S(=O)(=O)c2ccc([N+](=O)[O-])cc2)CC1. The second-order valence-electron chi connectivity index (χ2n) is 7.16. The molecule has 2 aromatic carbocycles. The molecule has 0 spiro atoms. The smallest absolute Gasteiger partial charge is 0.338 e. The monoisotopic (exact) mass is 496 g/mol. The maximum Gasteiger partial charge on any atom is 0.338 e. The van der Waals surface area contributed by atoms with Gasteiger partial charge < -0.3 is 15.3 Å². The van der Waals surface area contributed by atoms with Gasteiger partial charge in [0.15, 0.2) is 5.84 Å². The normalized spacial score (nSPS) is 15.8. The highest BCUT2D eigenvalue weighted by atomic mass is 35.5. The third-order valence-corrected chi connectivity index (χ3v) is 7.29. The highest BCUT2D eigenvalue weighted by Crippen LogP contribution is 2.26. The van der Waals surface area contributed by atoms with E-state index in [0.29, 0.717) is 16.3 Å². The van der Waals surface area contributed by atoms with Gasteiger partial charge in [0.05, 0.1) is 28.4 Å². The van der Waals surface area contributed by atoms with Crippen molar-refractivity contribution in [3.63, 3.8) is 0 Å². The Morgan fingerprint density at radius 3 is 2.42 bits per heavy atom. The number of oxime groups is 1. The minimum absolute atomic E-state index is 0.0537. The Morgan fingerprint density at radius 1 is 1.21 bits per heavy atom. The van der Waals surface area contributed by atoms with Crippen LogP contribution in [0.5, 0.6) is 5.75 Å². The molecule has 2 aromatic rings. The number of halogens is 1. The Balaban J connectivity index is 1.61. The molecule has 0 amide bonds. The molecule has 0 unspecified atom stereocenters. The van der Waals surface area contributed by atoms with E-state index in [-0.39, 0.29) is 42.3 Å². The molecule has 0 aliphatic carbocycles. The standard InChI is InChI=1S/C20H21ClN4O7S/c1-31-18-7-2-14(21)12-17(18)19(22)23-32-20(26)13-8-10-24(11-9-13)33(29,30)16-5-3-15(4-6-16)25(27)28/h2-7,12-13H,8-11H2,1H3,(H2,22,23). The molecule has 0 radical (unpaired) electrons. The number of nitro groups is 1. The molecule has 0 atom stereocenters. The molecule has 3 rings (SSSR count). The summed E-state index contributed by atoms with van der Waals surface area (Å²) in [5, 5.41) is 14.8. The average molecular weight is 497 g/mol. The lowest BCUT2D eigenvalue weighted by Gasteiger charge is -2.29. The number of methoxy groups -OCH3 is 1. The van der Waals surface area contributed by atoms with Gasteiger partial charge in [0.2, 0.25) is 10.0 Å². The van der Waals surface area contributed by atoms with E-state index in [1.807, 2.05) is 0 Å². The maximum atomic E-state index is 12.8. The summed E-state index contributed by atoms with van der Waals surface area (Å²) in [7, 11) is -2.39. The Hall–Kier alpha value is -3.22. The van der Waals surface area contributed by atoms with E-state index >= 15 is 0 Å². The molecule has 1 heterocycles. The number of sulfonamides is 1. The number of rotatable bonds is 7. The van der Waals surface area contributed by atoms with Gasteiger partial charge in [-0.3, -0.25) is 10.1 Å². The van der Waals surface area contributed by atoms with Crippen LogP contribution in [0.15, 0.2) is 52.5 Å². The minimum atomic E-state index is -3.84. The van der Waals surface area contributed by atoms with Gasteiger partial charge in [-0.25, -0.2) is 13.2 Å². The Bertz CT molecular complexity index is 1180. The molecule has 11 nitrogen and oxygen atoms in total. The van der Waals surface area contributed by atoms with Gasteiger partial charge >= 0.3 is 5.97 Å². The number of hydrogen-bond acceptors (Lipinski definition) is 8. The van der Waals surface area contributed by atoms with Crippen molar-refractivity contribution in [1.29, 1.82) is 0 Å². The second kappa shape index (κ2) is 10.1. The third kappa shape index (κ3) is 5.59. The molecule has 0 saturated carbocycles. The Labute approximate surface area is 194 Å². The second-order valence-corrected chi connectivity index (χ2v) is 9.54. The number of benzene rings is 2. The van der Waals surface area contributed by atoms with Crippen molar-refractivity contribution in [2.45, 2.75) is 17.7 Å². The van der Waals surface area contributed by atoms with E-state index in [0.717, 1.165) is 12.1 Å². The number of nitro benzene ring substituents is 1. The first-order valence-electron chi connectivity index (χ1n) is 9.76. The van der Waals surface area contributed by atoms with Gasteiger partial charge in [0.1, 0.15) is 5.75 Å². The van der Waals surface area contributed by atoms with Crippen LogP contribution in [-0.4, -0.2) is 49.7 Å². The van der Waals surface area contributed by atoms with Crippen LogP contribution >= 0.6 is 11.6 Å². The van der Waals surface area contributed by atoms with Crippen molar-refractivity contribution in [3.8, 4) is 5.75 Å². The largest absolute Gasteiger partial charge is 0.496 e. The number of piperidine rings is 1. The number of carbonyl (C=O) groups is 1. The molecular formula is C20H21ClN4O7S. The van der Waals surface area contributed by atoms with Crippen LogP contribution in [0.25, 0.3) is 0 Å². The molecule has 33 heavy (non-hydrogen) atoms. The zero-order valence-corrected chi connectivity index (χ0v) is 19.1. The van der Waals surface area contributed by atoms with Gasteiger partial charge in [-0.15, -0.1) is 0 Å². The zero-order valence-electron chi connectivity index (χ0n) is 17.5. The molecular weight excluding hydrogens is 476 g/mol. The van der Waals surface area contributed by atoms with Crippen LogP contribution in [0.1, 0.15) is 18.4 Å². The van der Waals surface area contributed by atoms with Crippen LogP contribution in [-0.2, 0) is 19.7 Å². The summed E-state index contributed by atoms with van der Waals surface area (Å²) in [6.07, 6.45) is 0.446. The van der Waals surface area contributed by atoms with Crippen LogP contribution < -0.4 is 10.5 Å². The fourth-order valence-corrected chi connectivity index (χ4v) is 4.96. The van der Waals surface area contributed by atoms with E-state index in [2.05, 4.69) is 5.16 Å². The molecule has 13 heteroatoms. The van der Waals surface area contributed by atoms with Crippen molar-refractivity contribution < 1.29 is 27.7 Å². The molecule has 0 aromatic heterocycles. The first-order valence-corrected chi connectivity index (χ1v) is 11.6. The number of hydrogen-bond donors (Lipinski definition) is 1. The van der Waals surface area contributed by atoms with Gasteiger partial charge in [-0.1, -0.05) is 16.8 Å². The maximum absolute atomic E-state index is 12.8. The van der Waals surface area contributed by atoms with Gasteiger partial charge in [-0.2, -0.15) is 4.31 Å². The molecule has 176 valence electrons. The summed E-state index contributed by atoms with van der Waals surface area (Å²) in [5.74, 6) is -0.889. The van der Waals surface area contributed by atoms with Crippen LogP contribution in [0, 0.1) is 16.0 Å². The fraction of sp³-hybridized carbons (Fsp3) is 0.300. The number of ether oxygens (including phenoxy) is 1. The first kappa shape index (κ1) is 24.4. The molecule has 2 N–H and O–H groups in total. The van der Waals surface area contributed by atoms with E-state index < -0.39 is 26.8 Å². The average Bonchev–Trinajstić information content (AvgIpc) is 2.82. The van der Waals surface area contributed by atoms with Crippen molar-refractivity contribution in [2.24, 2.45) is 16.8 Å². The quantitative estimate of drug-likeness (QED) is 0.201. The highest BCUT2D eigenvalue weighted by Gasteiger charge is 2.33. The van der Waals surface area contributed by atoms with E-state index in [1.54, 1.807) is 12.1 Å². The summed E-state index contributed by atoms with van der Waals surface area (Å²) >= 11 is 5.96. The predicted molar refractivity (Wildman–Crippen MR) is 119 cm³/mol. The molecule has 1 aliphatic rings. The van der Waals surface area contributed by atoms with Crippen molar-refractivity contribution in [3.05, 3.63) is 63.2 Å². The molecule has 1 aliphatic heterocycles. The van der Waals surface area contributed by atoms with Crippen molar-refractivity contribution >= 4 is 39.1 Å². The van der Waals surface area contributed by atoms with Crippen LogP contribution in [0.2, 0.25) is 5.02 Å². The van der Waals surface area contributed by atoms with E-state index in [9.17, 15) is 23.3 Å². The first-order chi connectivity index (χ1) is 15.6. The van der Waals surface area contributed by atoms with E-state index in [4.69, 9.17) is 26.9 Å². The number of carbonyl (C=O) groups excluding carboxylic acids is 1. The van der Waals surface area contributed by atoms with E-state index in [1.165, 1.54) is 29.6 Å². The van der Waals surface area contributed by atoms with Crippen molar-refractivity contribution in [1.82, 2.24) is 4.31 Å². The molecule has 1 fully saturated rings. The Morgan fingerprint density at radius 2 is 1.85 bits per heavy atom. The summed E-state index contributed by atoms with van der Waals surface area (Å²) in [4.78, 5) is 27.5. The van der Waals surface area contributed by atoms with Gasteiger partial charge in [0, 0.05) is 30.2 Å². The summed E-state index contributed by atoms with van der Waals surface area (Å²) in [5.41, 5.74) is 6.06. The number of nitrogens with two attached hydrogens (primary N) is 1. The predicted octanol–water partition coefficient (Wildman–Crippen LogP) is 2.52. The van der Waals surface area contributed by atoms with Crippen LogP contribution in [0.3, 0.4) is 0 Å². The van der Waals surface area contributed by atoms with Crippen LogP contribution in [0.4, 0.5) is 5.69 Å². The van der Waals surface area contributed by atoms with Gasteiger partial charge in [0.25, 0.3) is 5.69 Å². The topological polar surface area (TPSA) is 154 Å². The number of amidine groups is 1. The van der Waals surface area contributed by atoms with Crippen molar-refractivity contribution in [2.75, 3.05) is 20.2 Å². The lowest BCUT2D eigenvalue weighted by Crippen LogP contribution is -2.40. The third-order valence-electron chi connectivity index (χ3n) is 5.14. The Kier molecular flexibility index (Phi) is 7.51.